The van der Waals surface area contributed by atoms with E-state index < -0.39 is 0 Å². The fraction of sp³-hybridized carbons (Fsp3) is 0.0769. The average Bonchev–Trinajstić information content (AvgIpc) is 2.74. The van der Waals surface area contributed by atoms with Crippen molar-refractivity contribution in [2.75, 3.05) is 0 Å². The minimum atomic E-state index is 0.559. The summed E-state index contributed by atoms with van der Waals surface area (Å²) >= 11 is 0. The molecule has 0 bridgehead atoms. The minimum Gasteiger partial charge on any atom is -0.257 e. The predicted molar refractivity (Wildman–Crippen MR) is 66.5 cm³/mol. The lowest BCUT2D eigenvalue weighted by Gasteiger charge is -2.00. The van der Waals surface area contributed by atoms with Gasteiger partial charge < -0.3 is 0 Å². The highest BCUT2D eigenvalue weighted by atomic mass is 15.3. The second-order valence-electron chi connectivity index (χ2n) is 3.91. The fourth-order valence-electron chi connectivity index (χ4n) is 2.02. The van der Waals surface area contributed by atoms with E-state index in [-0.39, 0.29) is 0 Å². The zero-order chi connectivity index (χ0) is 12.5. The molecule has 3 aromatic rings. The largest absolute Gasteiger partial charge is 0.257 e. The van der Waals surface area contributed by atoms with Gasteiger partial charge in [0.1, 0.15) is 23.6 Å². The first-order valence-electron chi connectivity index (χ1n) is 5.42. The van der Waals surface area contributed by atoms with Gasteiger partial charge in [-0.2, -0.15) is 10.4 Å². The fourth-order valence-corrected chi connectivity index (χ4v) is 2.02. The van der Waals surface area contributed by atoms with Gasteiger partial charge in [0.05, 0.1) is 0 Å². The Balaban J connectivity index is 2.36. The Hall–Kier alpha value is -2.74. The first kappa shape index (κ1) is 10.4. The van der Waals surface area contributed by atoms with Crippen LogP contribution in [-0.2, 0) is 7.05 Å². The van der Waals surface area contributed by atoms with Gasteiger partial charge in [-0.15, -0.1) is 0 Å². The maximum absolute atomic E-state index is 9.13. The van der Waals surface area contributed by atoms with E-state index in [4.69, 9.17) is 5.26 Å². The first-order chi connectivity index (χ1) is 8.81. The summed E-state index contributed by atoms with van der Waals surface area (Å²) in [4.78, 5) is 8.01. The van der Waals surface area contributed by atoms with Gasteiger partial charge in [0.2, 0.25) is 0 Å². The number of aryl methyl sites for hydroxylation is 1. The molecule has 18 heavy (non-hydrogen) atoms. The molecule has 86 valence electrons. The van der Waals surface area contributed by atoms with Gasteiger partial charge in [0.25, 0.3) is 0 Å². The van der Waals surface area contributed by atoms with Crippen LogP contribution in [0.2, 0.25) is 0 Å². The number of fused-ring (bicyclic) bond motifs is 1. The molecular weight excluding hydrogens is 226 g/mol. The maximum atomic E-state index is 9.13. The van der Waals surface area contributed by atoms with Crippen LogP contribution < -0.4 is 0 Å². The van der Waals surface area contributed by atoms with Crippen molar-refractivity contribution in [3.63, 3.8) is 0 Å². The van der Waals surface area contributed by atoms with Crippen molar-refractivity contribution < 1.29 is 0 Å². The van der Waals surface area contributed by atoms with E-state index in [1.54, 1.807) is 24.1 Å². The molecule has 5 heteroatoms. The van der Waals surface area contributed by atoms with Gasteiger partial charge in [-0.1, -0.05) is 12.1 Å². The summed E-state index contributed by atoms with van der Waals surface area (Å²) in [5.74, 6) is 0. The third-order valence-corrected chi connectivity index (χ3v) is 2.84. The van der Waals surface area contributed by atoms with Gasteiger partial charge >= 0.3 is 0 Å². The molecule has 0 aliphatic carbocycles. The van der Waals surface area contributed by atoms with Crippen molar-refractivity contribution >= 4 is 10.9 Å². The monoisotopic (exact) mass is 235 g/mol. The van der Waals surface area contributed by atoms with Crippen molar-refractivity contribution in [2.24, 2.45) is 7.05 Å². The van der Waals surface area contributed by atoms with E-state index in [0.717, 1.165) is 22.0 Å². The zero-order valence-corrected chi connectivity index (χ0v) is 9.70. The van der Waals surface area contributed by atoms with Gasteiger partial charge in [0.15, 0.2) is 0 Å². The lowest BCUT2D eigenvalue weighted by molar-refractivity contribution is 0.767. The Morgan fingerprint density at radius 3 is 2.72 bits per heavy atom. The smallest absolute Gasteiger partial charge is 0.146 e. The summed E-state index contributed by atoms with van der Waals surface area (Å²) in [5, 5.41) is 14.4. The maximum Gasteiger partial charge on any atom is 0.146 e. The van der Waals surface area contributed by atoms with Crippen LogP contribution in [0.25, 0.3) is 22.0 Å². The molecule has 2 heterocycles. The summed E-state index contributed by atoms with van der Waals surface area (Å²) in [6.07, 6.45) is 4.97. The number of hydrogen-bond acceptors (Lipinski definition) is 4. The van der Waals surface area contributed by atoms with Crippen molar-refractivity contribution in [3.05, 3.63) is 42.6 Å². The highest BCUT2D eigenvalue weighted by molar-refractivity contribution is 5.95. The zero-order valence-electron chi connectivity index (χ0n) is 9.70. The predicted octanol–water partition coefficient (Wildman–Crippen LogP) is 1.90. The second-order valence-corrected chi connectivity index (χ2v) is 3.91. The molecule has 5 nitrogen and oxygen atoms in total. The van der Waals surface area contributed by atoms with Crippen LogP contribution >= 0.6 is 0 Å². The number of benzene rings is 1. The number of nitriles is 1. The Labute approximate surface area is 103 Å². The number of nitrogens with zero attached hydrogens (tertiary/aromatic N) is 5. The van der Waals surface area contributed by atoms with Crippen LogP contribution in [0.4, 0.5) is 0 Å². The normalized spacial score (nSPS) is 10.4. The van der Waals surface area contributed by atoms with Crippen LogP contribution in [-0.4, -0.2) is 19.7 Å². The molecule has 0 saturated heterocycles. The molecule has 0 aliphatic heterocycles. The summed E-state index contributed by atoms with van der Waals surface area (Å²) in [6, 6.07) is 7.93. The molecule has 0 spiro atoms. The average molecular weight is 235 g/mol. The molecular formula is C13H9N5. The molecule has 0 radical (unpaired) electrons. The van der Waals surface area contributed by atoms with Crippen LogP contribution in [0, 0.1) is 11.3 Å². The third kappa shape index (κ3) is 1.44. The van der Waals surface area contributed by atoms with Gasteiger partial charge in [0, 0.05) is 36.0 Å². The standard InChI is InChI=1S/C13H9N5/c1-18-12(5-14)11-4-2-3-10(13(11)17-18)9-6-15-8-16-7-9/h2-4,6-8H,1H3. The van der Waals surface area contributed by atoms with E-state index in [9.17, 15) is 0 Å². The second kappa shape index (κ2) is 3.93. The molecule has 3 rings (SSSR count). The Bertz CT molecular complexity index is 752. The van der Waals surface area contributed by atoms with Crippen molar-refractivity contribution in [3.8, 4) is 17.2 Å². The number of hydrogen-bond donors (Lipinski definition) is 0. The minimum absolute atomic E-state index is 0.559. The molecule has 0 unspecified atom stereocenters. The lowest BCUT2D eigenvalue weighted by Crippen LogP contribution is -1.92. The summed E-state index contributed by atoms with van der Waals surface area (Å²) in [5.41, 5.74) is 3.19. The Morgan fingerprint density at radius 1 is 1.22 bits per heavy atom. The number of rotatable bonds is 1. The lowest BCUT2D eigenvalue weighted by atomic mass is 10.1. The van der Waals surface area contributed by atoms with Gasteiger partial charge in [-0.05, 0) is 6.07 Å². The third-order valence-electron chi connectivity index (χ3n) is 2.84. The van der Waals surface area contributed by atoms with E-state index in [0.29, 0.717) is 5.69 Å². The van der Waals surface area contributed by atoms with Gasteiger partial charge in [-0.25, -0.2) is 9.97 Å². The highest BCUT2D eigenvalue weighted by Gasteiger charge is 2.12. The first-order valence-corrected chi connectivity index (χ1v) is 5.42. The van der Waals surface area contributed by atoms with Crippen LogP contribution in [0.5, 0.6) is 0 Å². The van der Waals surface area contributed by atoms with Crippen LogP contribution in [0.15, 0.2) is 36.9 Å². The van der Waals surface area contributed by atoms with Crippen molar-refractivity contribution in [1.29, 1.82) is 5.26 Å². The molecule has 1 aromatic carbocycles. The summed E-state index contributed by atoms with van der Waals surface area (Å²) in [6.45, 7) is 0. The Kier molecular flexibility index (Phi) is 2.27. The molecule has 0 saturated carbocycles. The van der Waals surface area contributed by atoms with Crippen LogP contribution in [0.1, 0.15) is 5.69 Å². The van der Waals surface area contributed by atoms with Gasteiger partial charge in [-0.3, -0.25) is 4.68 Å². The van der Waals surface area contributed by atoms with E-state index in [1.807, 2.05) is 18.2 Å². The number of aromatic nitrogens is 4. The highest BCUT2D eigenvalue weighted by Crippen LogP contribution is 2.28. The quantitative estimate of drug-likeness (QED) is 0.646. The molecule has 0 atom stereocenters. The topological polar surface area (TPSA) is 67.4 Å². The molecule has 0 aliphatic rings. The molecule has 0 fully saturated rings. The summed E-state index contributed by atoms with van der Waals surface area (Å²) in [7, 11) is 1.77. The van der Waals surface area contributed by atoms with Crippen molar-refractivity contribution in [2.45, 2.75) is 0 Å². The SMILES string of the molecule is Cn1nc2c(-c3cncnc3)cccc2c1C#N. The van der Waals surface area contributed by atoms with E-state index in [1.165, 1.54) is 6.33 Å². The van der Waals surface area contributed by atoms with E-state index >= 15 is 0 Å². The van der Waals surface area contributed by atoms with Crippen molar-refractivity contribution in [1.82, 2.24) is 19.7 Å². The summed E-state index contributed by atoms with van der Waals surface area (Å²) < 4.78 is 1.60. The molecule has 2 aromatic heterocycles. The van der Waals surface area contributed by atoms with E-state index in [2.05, 4.69) is 21.1 Å². The molecule has 0 N–H and O–H groups in total. The Morgan fingerprint density at radius 2 is 2.00 bits per heavy atom. The van der Waals surface area contributed by atoms with Crippen LogP contribution in [0.3, 0.4) is 0 Å². The molecule has 0 amide bonds.